The van der Waals surface area contributed by atoms with Crippen LogP contribution < -0.4 is 16.4 Å². The minimum absolute atomic E-state index is 0.322. The number of nitrogens with two attached hydrogens (primary N) is 1. The van der Waals surface area contributed by atoms with Gasteiger partial charge in [0.15, 0.2) is 5.58 Å². The Morgan fingerprint density at radius 1 is 0.862 bits per heavy atom. The number of urea groups is 1. The van der Waals surface area contributed by atoms with Gasteiger partial charge >= 0.3 is 6.03 Å². The number of benzene rings is 3. The van der Waals surface area contributed by atoms with E-state index in [0.29, 0.717) is 40.0 Å². The molecule has 4 N–H and O–H groups in total. The molecule has 0 aliphatic heterocycles. The zero-order valence-electron chi connectivity index (χ0n) is 15.4. The summed E-state index contributed by atoms with van der Waals surface area (Å²) in [5, 5.41) is 10.3. The summed E-state index contributed by atoms with van der Waals surface area (Å²) in [4.78, 5) is 23.8. The Morgan fingerprint density at radius 3 is 2.24 bits per heavy atom. The fourth-order valence-corrected chi connectivity index (χ4v) is 3.09. The van der Waals surface area contributed by atoms with Gasteiger partial charge in [0.2, 0.25) is 5.91 Å². The smallest absolute Gasteiger partial charge is 0.323 e. The van der Waals surface area contributed by atoms with Gasteiger partial charge in [-0.05, 0) is 42.0 Å². The fourth-order valence-electron chi connectivity index (χ4n) is 3.09. The van der Waals surface area contributed by atoms with Crippen LogP contribution in [0.15, 0.2) is 77.3 Å². The van der Waals surface area contributed by atoms with Crippen LogP contribution in [0.1, 0.15) is 21.6 Å². The van der Waals surface area contributed by atoms with E-state index in [1.807, 2.05) is 42.5 Å². The molecule has 0 radical (unpaired) electrons. The van der Waals surface area contributed by atoms with Crippen molar-refractivity contribution in [2.24, 2.45) is 5.73 Å². The molecule has 7 heteroatoms. The van der Waals surface area contributed by atoms with E-state index in [4.69, 9.17) is 10.3 Å². The molecule has 0 saturated carbocycles. The van der Waals surface area contributed by atoms with E-state index in [0.717, 1.165) is 5.56 Å². The summed E-state index contributed by atoms with van der Waals surface area (Å²) in [5.74, 6) is -0.524. The van der Waals surface area contributed by atoms with Gasteiger partial charge < -0.3 is 20.9 Å². The van der Waals surface area contributed by atoms with Crippen molar-refractivity contribution in [2.45, 2.75) is 6.42 Å². The van der Waals surface area contributed by atoms with E-state index in [1.165, 1.54) is 0 Å². The molecule has 3 amide bonds. The SMILES string of the molecule is NC(=O)c1cccc2onc(Cc3ccc(NC(=O)Nc4ccccc4)cc3)c12. The number of rotatable bonds is 5. The Balaban J connectivity index is 1.47. The highest BCUT2D eigenvalue weighted by Crippen LogP contribution is 2.25. The monoisotopic (exact) mass is 386 g/mol. The minimum atomic E-state index is -0.524. The summed E-state index contributed by atoms with van der Waals surface area (Å²) in [5.41, 5.74) is 9.33. The number of hydrogen-bond donors (Lipinski definition) is 3. The second kappa shape index (κ2) is 7.85. The van der Waals surface area contributed by atoms with Gasteiger partial charge in [0, 0.05) is 17.8 Å². The summed E-state index contributed by atoms with van der Waals surface area (Å²) in [6.07, 6.45) is 0.466. The largest absolute Gasteiger partial charge is 0.366 e. The number of fused-ring (bicyclic) bond motifs is 1. The molecule has 0 fully saturated rings. The molecule has 144 valence electrons. The predicted octanol–water partition coefficient (Wildman–Crippen LogP) is 4.16. The standard InChI is InChI=1S/C22H18N4O3/c23-21(27)17-7-4-8-19-20(17)18(26-29-19)13-14-9-11-16(12-10-14)25-22(28)24-15-5-2-1-3-6-15/h1-12H,13H2,(H2,23,27)(H2,24,25,28). The van der Waals surface area contributed by atoms with Crippen LogP contribution in [-0.4, -0.2) is 17.1 Å². The van der Waals surface area contributed by atoms with Crippen LogP contribution in [0.2, 0.25) is 0 Å². The lowest BCUT2D eigenvalue weighted by Gasteiger charge is -2.08. The van der Waals surface area contributed by atoms with E-state index in [2.05, 4.69) is 15.8 Å². The molecule has 1 heterocycles. The molecule has 4 rings (SSSR count). The van der Waals surface area contributed by atoms with Crippen molar-refractivity contribution in [3.8, 4) is 0 Å². The topological polar surface area (TPSA) is 110 Å². The molecule has 1 aromatic heterocycles. The number of anilines is 2. The number of amides is 3. The Hall–Kier alpha value is -4.13. The van der Waals surface area contributed by atoms with Crippen LogP contribution >= 0.6 is 0 Å². The molecule has 0 saturated heterocycles. The quantitative estimate of drug-likeness (QED) is 0.478. The van der Waals surface area contributed by atoms with Gasteiger partial charge in [0.1, 0.15) is 0 Å². The maximum absolute atomic E-state index is 12.1. The van der Waals surface area contributed by atoms with Gasteiger partial charge in [0.25, 0.3) is 0 Å². The van der Waals surface area contributed by atoms with E-state index in [-0.39, 0.29) is 6.03 Å². The number of nitrogens with one attached hydrogen (secondary N) is 2. The first-order chi connectivity index (χ1) is 14.1. The van der Waals surface area contributed by atoms with Crippen molar-refractivity contribution < 1.29 is 14.1 Å². The second-order valence-electron chi connectivity index (χ2n) is 6.49. The Kier molecular flexibility index (Phi) is 4.94. The molecular formula is C22H18N4O3. The van der Waals surface area contributed by atoms with Crippen molar-refractivity contribution in [1.82, 2.24) is 5.16 Å². The molecule has 0 aliphatic rings. The molecule has 0 spiro atoms. The van der Waals surface area contributed by atoms with Crippen LogP contribution in [-0.2, 0) is 6.42 Å². The Morgan fingerprint density at radius 2 is 1.55 bits per heavy atom. The van der Waals surface area contributed by atoms with Gasteiger partial charge in [-0.25, -0.2) is 4.79 Å². The van der Waals surface area contributed by atoms with Crippen LogP contribution in [0.4, 0.5) is 16.2 Å². The summed E-state index contributed by atoms with van der Waals surface area (Å²) in [7, 11) is 0. The third kappa shape index (κ3) is 4.08. The highest BCUT2D eigenvalue weighted by Gasteiger charge is 2.16. The minimum Gasteiger partial charge on any atom is -0.366 e. The Labute approximate surface area is 166 Å². The van der Waals surface area contributed by atoms with Crippen molar-refractivity contribution in [3.05, 3.63) is 89.6 Å². The summed E-state index contributed by atoms with van der Waals surface area (Å²) in [6, 6.07) is 21.4. The van der Waals surface area contributed by atoms with Crippen LogP contribution in [0.3, 0.4) is 0 Å². The van der Waals surface area contributed by atoms with E-state index in [1.54, 1.807) is 30.3 Å². The Bertz CT molecular complexity index is 1170. The lowest BCUT2D eigenvalue weighted by Crippen LogP contribution is -2.19. The first-order valence-corrected chi connectivity index (χ1v) is 8.99. The molecule has 0 bridgehead atoms. The van der Waals surface area contributed by atoms with Gasteiger partial charge in [0.05, 0.1) is 16.6 Å². The summed E-state index contributed by atoms with van der Waals surface area (Å²) < 4.78 is 5.32. The summed E-state index contributed by atoms with van der Waals surface area (Å²) in [6.45, 7) is 0. The van der Waals surface area contributed by atoms with Crippen molar-refractivity contribution in [2.75, 3.05) is 10.6 Å². The van der Waals surface area contributed by atoms with Crippen LogP contribution in [0.5, 0.6) is 0 Å². The highest BCUT2D eigenvalue weighted by molar-refractivity contribution is 6.06. The third-order valence-electron chi connectivity index (χ3n) is 4.45. The molecule has 3 aromatic carbocycles. The van der Waals surface area contributed by atoms with Gasteiger partial charge in [-0.3, -0.25) is 4.79 Å². The molecule has 4 aromatic rings. The van der Waals surface area contributed by atoms with Gasteiger partial charge in [-0.1, -0.05) is 41.6 Å². The highest BCUT2D eigenvalue weighted by atomic mass is 16.5. The lowest BCUT2D eigenvalue weighted by molar-refractivity contribution is 0.100. The number of aromatic nitrogens is 1. The second-order valence-corrected chi connectivity index (χ2v) is 6.49. The maximum atomic E-state index is 12.1. The number of nitrogens with zero attached hydrogens (tertiary/aromatic N) is 1. The molecule has 29 heavy (non-hydrogen) atoms. The predicted molar refractivity (Wildman–Crippen MR) is 111 cm³/mol. The molecule has 0 aliphatic carbocycles. The molecular weight excluding hydrogens is 368 g/mol. The van der Waals surface area contributed by atoms with Gasteiger partial charge in [-0.15, -0.1) is 0 Å². The third-order valence-corrected chi connectivity index (χ3v) is 4.45. The molecule has 0 unspecified atom stereocenters. The first-order valence-electron chi connectivity index (χ1n) is 8.99. The normalized spacial score (nSPS) is 10.6. The number of carbonyl (C=O) groups excluding carboxylic acids is 2. The van der Waals surface area contributed by atoms with Crippen molar-refractivity contribution in [1.29, 1.82) is 0 Å². The number of hydrogen-bond acceptors (Lipinski definition) is 4. The van der Waals surface area contributed by atoms with E-state index in [9.17, 15) is 9.59 Å². The zero-order valence-corrected chi connectivity index (χ0v) is 15.4. The van der Waals surface area contributed by atoms with Crippen molar-refractivity contribution >= 4 is 34.3 Å². The maximum Gasteiger partial charge on any atom is 0.323 e. The van der Waals surface area contributed by atoms with E-state index >= 15 is 0 Å². The average Bonchev–Trinajstić information content (AvgIpc) is 3.13. The van der Waals surface area contributed by atoms with E-state index < -0.39 is 5.91 Å². The number of carbonyl (C=O) groups is 2. The lowest BCUT2D eigenvalue weighted by atomic mass is 10.0. The van der Waals surface area contributed by atoms with Gasteiger partial charge in [-0.2, -0.15) is 0 Å². The number of primary amides is 1. The van der Waals surface area contributed by atoms with Crippen molar-refractivity contribution in [3.63, 3.8) is 0 Å². The average molecular weight is 386 g/mol. The zero-order chi connectivity index (χ0) is 20.2. The van der Waals surface area contributed by atoms with Crippen LogP contribution in [0, 0.1) is 0 Å². The molecule has 0 atom stereocenters. The summed E-state index contributed by atoms with van der Waals surface area (Å²) >= 11 is 0. The first kappa shape index (κ1) is 18.2. The molecule has 7 nitrogen and oxygen atoms in total. The number of para-hydroxylation sites is 1. The fraction of sp³-hybridized carbons (Fsp3) is 0.0455. The van der Waals surface area contributed by atoms with Crippen LogP contribution in [0.25, 0.3) is 11.0 Å².